The highest BCUT2D eigenvalue weighted by Gasteiger charge is 2.45. The van der Waals surface area contributed by atoms with Crippen LogP contribution in [0.3, 0.4) is 0 Å². The molecule has 1 aliphatic carbocycles. The van der Waals surface area contributed by atoms with E-state index in [0.717, 1.165) is 22.2 Å². The molecule has 1 heterocycles. The maximum absolute atomic E-state index is 10.9. The van der Waals surface area contributed by atoms with Crippen LogP contribution in [0.4, 0.5) is 11.4 Å². The summed E-state index contributed by atoms with van der Waals surface area (Å²) >= 11 is 1.79. The maximum atomic E-state index is 10.9. The summed E-state index contributed by atoms with van der Waals surface area (Å²) in [5.41, 5.74) is 1.97. The first kappa shape index (κ1) is 16.1. The van der Waals surface area contributed by atoms with E-state index in [0.29, 0.717) is 0 Å². The number of aliphatic imine (C=N–C) groups is 1. The van der Waals surface area contributed by atoms with Gasteiger partial charge >= 0.3 is 0 Å². The number of amidine groups is 1. The smallest absolute Gasteiger partial charge is 0.269 e. The van der Waals surface area contributed by atoms with E-state index in [1.807, 2.05) is 13.8 Å². The van der Waals surface area contributed by atoms with Crippen molar-refractivity contribution in [1.82, 2.24) is 4.90 Å². The molecule has 1 aromatic carbocycles. The highest BCUT2D eigenvalue weighted by molar-refractivity contribution is 8.14. The van der Waals surface area contributed by atoms with Crippen molar-refractivity contribution in [2.75, 3.05) is 5.75 Å². The number of non-ortho nitro benzene ring substituents is 1. The molecular formula is C17H21N3O2S. The van der Waals surface area contributed by atoms with Gasteiger partial charge in [-0.3, -0.25) is 10.1 Å². The third-order valence-electron chi connectivity index (χ3n) is 4.63. The molecule has 23 heavy (non-hydrogen) atoms. The lowest BCUT2D eigenvalue weighted by molar-refractivity contribution is -0.384. The van der Waals surface area contributed by atoms with Crippen LogP contribution in [0.2, 0.25) is 0 Å². The number of rotatable bonds is 3. The summed E-state index contributed by atoms with van der Waals surface area (Å²) in [6.07, 6.45) is 9.16. The minimum absolute atomic E-state index is 0.114. The Morgan fingerprint density at radius 3 is 2.74 bits per heavy atom. The van der Waals surface area contributed by atoms with Crippen LogP contribution in [0.25, 0.3) is 0 Å². The van der Waals surface area contributed by atoms with E-state index in [9.17, 15) is 10.1 Å². The van der Waals surface area contributed by atoms with Crippen LogP contribution in [-0.2, 0) is 0 Å². The predicted octanol–water partition coefficient (Wildman–Crippen LogP) is 4.79. The second-order valence-electron chi connectivity index (χ2n) is 6.19. The second-order valence-corrected chi connectivity index (χ2v) is 7.14. The molecule has 6 heteroatoms. The Bertz CT molecular complexity index is 678. The molecule has 0 N–H and O–H groups in total. The molecule has 0 radical (unpaired) electrons. The van der Waals surface area contributed by atoms with Crippen molar-refractivity contribution < 1.29 is 4.92 Å². The summed E-state index contributed by atoms with van der Waals surface area (Å²) in [6.45, 7) is 3.90. The Labute approximate surface area is 140 Å². The number of hydrogen-bond donors (Lipinski definition) is 0. The van der Waals surface area contributed by atoms with Crippen LogP contribution in [0.1, 0.15) is 38.2 Å². The van der Waals surface area contributed by atoms with E-state index in [4.69, 9.17) is 4.99 Å². The zero-order valence-electron chi connectivity index (χ0n) is 13.5. The fourth-order valence-electron chi connectivity index (χ4n) is 3.40. The van der Waals surface area contributed by atoms with E-state index in [-0.39, 0.29) is 16.1 Å². The molecule has 0 aromatic heterocycles. The molecule has 1 aliphatic heterocycles. The number of nitro benzene ring substituents is 1. The van der Waals surface area contributed by atoms with E-state index in [2.05, 4.69) is 17.2 Å². The molecule has 0 atom stereocenters. The first-order chi connectivity index (χ1) is 11.1. The van der Waals surface area contributed by atoms with Gasteiger partial charge in [0.1, 0.15) is 0 Å². The molecule has 1 spiro atoms. The first-order valence-corrected chi connectivity index (χ1v) is 8.93. The van der Waals surface area contributed by atoms with Gasteiger partial charge in [-0.15, -0.1) is 0 Å². The Balaban J connectivity index is 1.94. The molecule has 1 saturated heterocycles. The van der Waals surface area contributed by atoms with Gasteiger partial charge in [0, 0.05) is 24.1 Å². The van der Waals surface area contributed by atoms with Gasteiger partial charge in [-0.05, 0) is 38.3 Å². The van der Waals surface area contributed by atoms with Gasteiger partial charge in [-0.25, -0.2) is 4.99 Å². The van der Waals surface area contributed by atoms with Crippen molar-refractivity contribution >= 4 is 28.3 Å². The molecule has 0 bridgehead atoms. The summed E-state index contributed by atoms with van der Waals surface area (Å²) in [5, 5.41) is 11.9. The van der Waals surface area contributed by atoms with Crippen LogP contribution in [-0.4, -0.2) is 26.3 Å². The topological polar surface area (TPSA) is 58.7 Å². The first-order valence-electron chi connectivity index (χ1n) is 7.94. The average Bonchev–Trinajstić information content (AvgIpc) is 3.12. The summed E-state index contributed by atoms with van der Waals surface area (Å²) in [5.74, 6) is 1.07. The number of hydrogen-bond acceptors (Lipinski definition) is 4. The van der Waals surface area contributed by atoms with Crippen molar-refractivity contribution in [1.29, 1.82) is 0 Å². The predicted molar refractivity (Wildman–Crippen MR) is 95.2 cm³/mol. The Morgan fingerprint density at radius 1 is 1.39 bits per heavy atom. The molecule has 3 rings (SSSR count). The highest BCUT2D eigenvalue weighted by Crippen LogP contribution is 2.45. The van der Waals surface area contributed by atoms with Crippen LogP contribution < -0.4 is 0 Å². The molecule has 5 nitrogen and oxygen atoms in total. The number of nitrogens with zero attached hydrogens (tertiary/aromatic N) is 3. The number of nitro groups is 1. The quantitative estimate of drug-likeness (QED) is 0.590. The highest BCUT2D eigenvalue weighted by atomic mass is 32.2. The minimum atomic E-state index is -0.367. The lowest BCUT2D eigenvalue weighted by Crippen LogP contribution is -2.41. The zero-order valence-corrected chi connectivity index (χ0v) is 14.3. The lowest BCUT2D eigenvalue weighted by Gasteiger charge is -2.32. The fourth-order valence-corrected chi connectivity index (χ4v) is 4.78. The van der Waals surface area contributed by atoms with Crippen LogP contribution in [0.15, 0.2) is 35.5 Å². The van der Waals surface area contributed by atoms with Crippen LogP contribution in [0.5, 0.6) is 0 Å². The minimum Gasteiger partial charge on any atom is -0.321 e. The third kappa shape index (κ3) is 3.00. The lowest BCUT2D eigenvalue weighted by atomic mass is 9.99. The molecular weight excluding hydrogens is 310 g/mol. The zero-order chi connectivity index (χ0) is 16.4. The van der Waals surface area contributed by atoms with Gasteiger partial charge in [0.2, 0.25) is 0 Å². The van der Waals surface area contributed by atoms with E-state index in [1.165, 1.54) is 31.7 Å². The number of thioether (sulfide) groups is 1. The number of allylic oxidation sites excluding steroid dienone is 1. The Kier molecular flexibility index (Phi) is 4.43. The van der Waals surface area contributed by atoms with Crippen molar-refractivity contribution in [3.05, 3.63) is 46.2 Å². The van der Waals surface area contributed by atoms with Gasteiger partial charge in [0.05, 0.1) is 16.1 Å². The van der Waals surface area contributed by atoms with E-state index >= 15 is 0 Å². The van der Waals surface area contributed by atoms with Crippen molar-refractivity contribution in [2.24, 2.45) is 4.99 Å². The van der Waals surface area contributed by atoms with Gasteiger partial charge < -0.3 is 4.90 Å². The summed E-state index contributed by atoms with van der Waals surface area (Å²) in [7, 11) is 0. The summed E-state index contributed by atoms with van der Waals surface area (Å²) < 4.78 is 0. The normalized spacial score (nSPS) is 21.8. The summed E-state index contributed by atoms with van der Waals surface area (Å²) in [4.78, 5) is 17.6. The maximum Gasteiger partial charge on any atom is 0.269 e. The standard InChI is InChI=1S/C17H21N3O2S/c1-3-10-19-16(23-12-17(19)8-4-5-9-17)18-15-7-6-14(20(21)22)11-13(15)2/h3,6-7,10-11H,4-5,8-9,12H2,1-2H3/b10-3-,18-16+. The van der Waals surface area contributed by atoms with Gasteiger partial charge in [0.25, 0.3) is 5.69 Å². The van der Waals surface area contributed by atoms with Gasteiger partial charge in [-0.2, -0.15) is 0 Å². The average molecular weight is 331 g/mol. The monoisotopic (exact) mass is 331 g/mol. The van der Waals surface area contributed by atoms with Crippen molar-refractivity contribution in [3.63, 3.8) is 0 Å². The third-order valence-corrected chi connectivity index (χ3v) is 5.85. The largest absolute Gasteiger partial charge is 0.321 e. The Morgan fingerprint density at radius 2 is 2.13 bits per heavy atom. The van der Waals surface area contributed by atoms with E-state index < -0.39 is 0 Å². The molecule has 2 aliphatic rings. The van der Waals surface area contributed by atoms with E-state index in [1.54, 1.807) is 23.9 Å². The van der Waals surface area contributed by atoms with Gasteiger partial charge in [0.15, 0.2) is 5.17 Å². The van der Waals surface area contributed by atoms with Crippen LogP contribution in [0, 0.1) is 17.0 Å². The van der Waals surface area contributed by atoms with Crippen molar-refractivity contribution in [3.8, 4) is 0 Å². The Hall–Kier alpha value is -1.82. The molecule has 2 fully saturated rings. The number of benzene rings is 1. The fraction of sp³-hybridized carbons (Fsp3) is 0.471. The molecule has 1 aromatic rings. The van der Waals surface area contributed by atoms with Crippen LogP contribution >= 0.6 is 11.8 Å². The number of aryl methyl sites for hydroxylation is 1. The second kappa shape index (κ2) is 6.35. The summed E-state index contributed by atoms with van der Waals surface area (Å²) in [6, 6.07) is 4.86. The molecule has 1 saturated carbocycles. The molecule has 122 valence electrons. The SMILES string of the molecule is C/C=C\N1/C(=N\c2ccc([N+](=O)[O-])cc2C)SCC12CCCC2. The van der Waals surface area contributed by atoms with Crippen molar-refractivity contribution in [2.45, 2.75) is 45.1 Å². The molecule has 0 amide bonds. The molecule has 0 unspecified atom stereocenters. The van der Waals surface area contributed by atoms with Gasteiger partial charge in [-0.1, -0.05) is 30.7 Å².